The van der Waals surface area contributed by atoms with Crippen molar-refractivity contribution < 1.29 is 4.42 Å². The van der Waals surface area contributed by atoms with Crippen molar-refractivity contribution in [3.8, 4) is 11.4 Å². The Morgan fingerprint density at radius 1 is 1.12 bits per heavy atom. The normalized spacial score (nSPS) is 11.6. The minimum atomic E-state index is 0.640. The summed E-state index contributed by atoms with van der Waals surface area (Å²) in [7, 11) is 1.74. The molecule has 3 heterocycles. The zero-order chi connectivity index (χ0) is 17.2. The molecule has 4 aromatic rings. The molecule has 0 fully saturated rings. The van der Waals surface area contributed by atoms with Gasteiger partial charge in [0, 0.05) is 31.3 Å². The second-order valence-electron chi connectivity index (χ2n) is 5.78. The topological polar surface area (TPSA) is 51.3 Å². The molecule has 4 nitrogen and oxygen atoms in total. The molecule has 0 N–H and O–H groups in total. The van der Waals surface area contributed by atoms with Crippen LogP contribution in [-0.4, -0.2) is 23.2 Å². The second-order valence-corrected chi connectivity index (χ2v) is 5.78. The van der Waals surface area contributed by atoms with E-state index in [1.54, 1.807) is 13.3 Å². The number of rotatable bonds is 4. The summed E-state index contributed by atoms with van der Waals surface area (Å²) in [6.45, 7) is 3.79. The lowest BCUT2D eigenvalue weighted by molar-refractivity contribution is 0.564. The van der Waals surface area contributed by atoms with Crippen molar-refractivity contribution in [2.24, 2.45) is 4.99 Å². The quantitative estimate of drug-likeness (QED) is 0.399. The Bertz CT molecular complexity index is 1110. The Balaban J connectivity index is 1.89. The van der Waals surface area contributed by atoms with Gasteiger partial charge in [-0.05, 0) is 23.6 Å². The van der Waals surface area contributed by atoms with Crippen LogP contribution >= 0.6 is 0 Å². The highest BCUT2D eigenvalue weighted by atomic mass is 16.3. The highest BCUT2D eigenvalue weighted by Crippen LogP contribution is 2.28. The van der Waals surface area contributed by atoms with Gasteiger partial charge in [0.1, 0.15) is 11.3 Å². The summed E-state index contributed by atoms with van der Waals surface area (Å²) in [4.78, 5) is 13.5. The van der Waals surface area contributed by atoms with Crippen LogP contribution in [0.1, 0.15) is 11.3 Å². The standard InChI is InChI=1S/C21H17N3O/c1-3-6-19-16(13-22-2)21-20(25-19)10-9-17(24-21)18-11-14-7-4-5-8-15(14)12-23-18/h3-5,7-13H,1,6H2,2H3. The number of benzene rings is 1. The number of hydrogen-bond acceptors (Lipinski definition) is 4. The Labute approximate surface area is 145 Å². The van der Waals surface area contributed by atoms with Crippen molar-refractivity contribution in [1.82, 2.24) is 9.97 Å². The van der Waals surface area contributed by atoms with Crippen molar-refractivity contribution >= 4 is 28.1 Å². The van der Waals surface area contributed by atoms with Crippen LogP contribution in [0, 0.1) is 0 Å². The van der Waals surface area contributed by atoms with E-state index in [0.717, 1.165) is 44.6 Å². The predicted octanol–water partition coefficient (Wildman–Crippen LogP) is 4.82. The first-order valence-corrected chi connectivity index (χ1v) is 8.11. The van der Waals surface area contributed by atoms with Gasteiger partial charge in [-0.1, -0.05) is 30.3 Å². The van der Waals surface area contributed by atoms with E-state index in [2.05, 4.69) is 34.8 Å². The maximum Gasteiger partial charge on any atom is 0.153 e. The molecule has 25 heavy (non-hydrogen) atoms. The van der Waals surface area contributed by atoms with E-state index < -0.39 is 0 Å². The lowest BCUT2D eigenvalue weighted by atomic mass is 10.1. The number of pyridine rings is 2. The molecule has 0 saturated carbocycles. The summed E-state index contributed by atoms with van der Waals surface area (Å²) >= 11 is 0. The molecule has 4 rings (SSSR count). The minimum absolute atomic E-state index is 0.640. The first-order chi connectivity index (χ1) is 12.3. The van der Waals surface area contributed by atoms with Gasteiger partial charge in [-0.15, -0.1) is 6.58 Å². The summed E-state index contributed by atoms with van der Waals surface area (Å²) in [6, 6.07) is 14.1. The number of allylic oxidation sites excluding steroid dienone is 1. The van der Waals surface area contributed by atoms with Gasteiger partial charge in [-0.2, -0.15) is 0 Å². The molecule has 4 heteroatoms. The van der Waals surface area contributed by atoms with Gasteiger partial charge in [-0.25, -0.2) is 4.98 Å². The number of aliphatic imine (C=N–C) groups is 1. The molecule has 1 aromatic carbocycles. The fourth-order valence-corrected chi connectivity index (χ4v) is 2.95. The zero-order valence-corrected chi connectivity index (χ0v) is 13.9. The molecule has 0 aliphatic heterocycles. The maximum absolute atomic E-state index is 5.91. The number of fused-ring (bicyclic) bond motifs is 2. The van der Waals surface area contributed by atoms with Crippen LogP contribution in [-0.2, 0) is 6.42 Å². The maximum atomic E-state index is 5.91. The molecule has 0 radical (unpaired) electrons. The smallest absolute Gasteiger partial charge is 0.153 e. The Hall–Kier alpha value is -3.27. The van der Waals surface area contributed by atoms with Crippen molar-refractivity contribution in [3.05, 3.63) is 72.6 Å². The van der Waals surface area contributed by atoms with E-state index in [1.807, 2.05) is 36.5 Å². The van der Waals surface area contributed by atoms with Gasteiger partial charge in [0.25, 0.3) is 0 Å². The average Bonchev–Trinajstić information content (AvgIpc) is 2.99. The monoisotopic (exact) mass is 327 g/mol. The van der Waals surface area contributed by atoms with Gasteiger partial charge in [0.15, 0.2) is 5.58 Å². The van der Waals surface area contributed by atoms with E-state index in [-0.39, 0.29) is 0 Å². The third-order valence-corrected chi connectivity index (χ3v) is 4.13. The Morgan fingerprint density at radius 2 is 1.96 bits per heavy atom. The molecule has 0 saturated heterocycles. The highest BCUT2D eigenvalue weighted by molar-refractivity contribution is 5.98. The third kappa shape index (κ3) is 2.72. The van der Waals surface area contributed by atoms with Crippen LogP contribution in [0.2, 0.25) is 0 Å². The molecule has 0 unspecified atom stereocenters. The lowest BCUT2D eigenvalue weighted by Gasteiger charge is -2.03. The van der Waals surface area contributed by atoms with Crippen LogP contribution < -0.4 is 0 Å². The van der Waals surface area contributed by atoms with E-state index in [4.69, 9.17) is 9.40 Å². The van der Waals surface area contributed by atoms with E-state index in [1.165, 1.54) is 0 Å². The Morgan fingerprint density at radius 3 is 2.76 bits per heavy atom. The van der Waals surface area contributed by atoms with Crippen molar-refractivity contribution in [3.63, 3.8) is 0 Å². The summed E-state index contributed by atoms with van der Waals surface area (Å²) in [6.07, 6.45) is 6.12. The van der Waals surface area contributed by atoms with E-state index in [0.29, 0.717) is 6.42 Å². The highest BCUT2D eigenvalue weighted by Gasteiger charge is 2.14. The minimum Gasteiger partial charge on any atom is -0.458 e. The molecule has 0 bridgehead atoms. The first kappa shape index (κ1) is 15.3. The van der Waals surface area contributed by atoms with Crippen molar-refractivity contribution in [2.75, 3.05) is 7.05 Å². The fourth-order valence-electron chi connectivity index (χ4n) is 2.95. The molecule has 3 aromatic heterocycles. The van der Waals surface area contributed by atoms with Crippen molar-refractivity contribution in [1.29, 1.82) is 0 Å². The predicted molar refractivity (Wildman–Crippen MR) is 102 cm³/mol. The fraction of sp³-hybridized carbons (Fsp3) is 0.0952. The van der Waals surface area contributed by atoms with E-state index >= 15 is 0 Å². The molecule has 122 valence electrons. The van der Waals surface area contributed by atoms with Gasteiger partial charge in [-0.3, -0.25) is 9.98 Å². The SMILES string of the molecule is C=CCc1oc2ccc(-c3cc4ccccc4cn3)nc2c1C=NC. The number of hydrogen-bond donors (Lipinski definition) is 0. The summed E-state index contributed by atoms with van der Waals surface area (Å²) in [5.74, 6) is 0.826. The molecular formula is C21H17N3O. The van der Waals surface area contributed by atoms with Gasteiger partial charge < -0.3 is 4.42 Å². The molecule has 0 aliphatic carbocycles. The molecule has 0 aliphatic rings. The van der Waals surface area contributed by atoms with Gasteiger partial charge in [0.05, 0.1) is 17.0 Å². The second kappa shape index (κ2) is 6.32. The van der Waals surface area contributed by atoms with Crippen LogP contribution in [0.5, 0.6) is 0 Å². The average molecular weight is 327 g/mol. The number of furan rings is 1. The van der Waals surface area contributed by atoms with Gasteiger partial charge in [0.2, 0.25) is 0 Å². The molecular weight excluding hydrogens is 310 g/mol. The molecule has 0 amide bonds. The van der Waals surface area contributed by atoms with Crippen LogP contribution in [0.3, 0.4) is 0 Å². The largest absolute Gasteiger partial charge is 0.458 e. The van der Waals surface area contributed by atoms with Crippen LogP contribution in [0.15, 0.2) is 70.7 Å². The lowest BCUT2D eigenvalue weighted by Crippen LogP contribution is -1.91. The zero-order valence-electron chi connectivity index (χ0n) is 13.9. The third-order valence-electron chi connectivity index (χ3n) is 4.13. The first-order valence-electron chi connectivity index (χ1n) is 8.11. The number of aromatic nitrogens is 2. The van der Waals surface area contributed by atoms with Gasteiger partial charge >= 0.3 is 0 Å². The summed E-state index contributed by atoms with van der Waals surface area (Å²) in [5.41, 5.74) is 4.10. The molecule has 0 atom stereocenters. The molecule has 0 spiro atoms. The van der Waals surface area contributed by atoms with Crippen LogP contribution in [0.4, 0.5) is 0 Å². The van der Waals surface area contributed by atoms with Crippen LogP contribution in [0.25, 0.3) is 33.3 Å². The Kier molecular flexibility index (Phi) is 3.86. The number of nitrogens with zero attached hydrogens (tertiary/aromatic N) is 3. The summed E-state index contributed by atoms with van der Waals surface area (Å²) < 4.78 is 5.91. The van der Waals surface area contributed by atoms with E-state index in [9.17, 15) is 0 Å². The van der Waals surface area contributed by atoms with Crippen molar-refractivity contribution in [2.45, 2.75) is 6.42 Å². The summed E-state index contributed by atoms with van der Waals surface area (Å²) in [5, 5.41) is 2.26.